The number of rotatable bonds is 3. The highest BCUT2D eigenvalue weighted by atomic mass is 16.3. The summed E-state index contributed by atoms with van der Waals surface area (Å²) >= 11 is 0. The van der Waals surface area contributed by atoms with Crippen molar-refractivity contribution in [1.29, 1.82) is 0 Å². The van der Waals surface area contributed by atoms with Gasteiger partial charge in [-0.25, -0.2) is 4.98 Å². The fourth-order valence-corrected chi connectivity index (χ4v) is 4.56. The summed E-state index contributed by atoms with van der Waals surface area (Å²) in [7, 11) is 0. The van der Waals surface area contributed by atoms with E-state index in [1.54, 1.807) is 0 Å². The molecule has 2 heterocycles. The van der Waals surface area contributed by atoms with Crippen LogP contribution >= 0.6 is 0 Å². The number of aliphatic hydroxyl groups is 1. The minimum absolute atomic E-state index is 0.137. The van der Waals surface area contributed by atoms with Gasteiger partial charge in [-0.2, -0.15) is 0 Å². The van der Waals surface area contributed by atoms with E-state index >= 15 is 0 Å². The van der Waals surface area contributed by atoms with E-state index in [0.29, 0.717) is 6.04 Å². The molecule has 1 atom stereocenters. The summed E-state index contributed by atoms with van der Waals surface area (Å²) in [5.74, 6) is 1.07. The highest BCUT2D eigenvalue weighted by Gasteiger charge is 2.30. The molecule has 1 aromatic carbocycles. The molecule has 0 amide bonds. The SMILES string of the molecule is C=C(O)c1c(N2CCCC2C)nc2c(c1-c1ccccc1)CCCCC2. The van der Waals surface area contributed by atoms with Gasteiger partial charge in [-0.1, -0.05) is 43.3 Å². The van der Waals surface area contributed by atoms with E-state index in [4.69, 9.17) is 4.98 Å². The molecule has 3 heteroatoms. The van der Waals surface area contributed by atoms with Gasteiger partial charge in [0.15, 0.2) is 0 Å². The number of anilines is 1. The number of aromatic nitrogens is 1. The van der Waals surface area contributed by atoms with Crippen LogP contribution in [0.4, 0.5) is 5.82 Å². The zero-order valence-electron chi connectivity index (χ0n) is 15.7. The third kappa shape index (κ3) is 3.00. The summed E-state index contributed by atoms with van der Waals surface area (Å²) in [6, 6.07) is 10.9. The Labute approximate surface area is 156 Å². The van der Waals surface area contributed by atoms with Crippen LogP contribution in [0.25, 0.3) is 16.9 Å². The quantitative estimate of drug-likeness (QED) is 0.585. The van der Waals surface area contributed by atoms with Gasteiger partial charge in [-0.3, -0.25) is 0 Å². The number of aliphatic hydroxyl groups excluding tert-OH is 1. The molecule has 0 bridgehead atoms. The van der Waals surface area contributed by atoms with Crippen LogP contribution < -0.4 is 4.90 Å². The third-order valence-electron chi connectivity index (χ3n) is 5.88. The largest absolute Gasteiger partial charge is 0.508 e. The molecule has 1 aliphatic heterocycles. The van der Waals surface area contributed by atoms with E-state index in [0.717, 1.165) is 41.9 Å². The van der Waals surface area contributed by atoms with E-state index in [1.165, 1.54) is 43.4 Å². The second-order valence-corrected chi connectivity index (χ2v) is 7.67. The van der Waals surface area contributed by atoms with Crippen LogP contribution in [-0.4, -0.2) is 22.7 Å². The van der Waals surface area contributed by atoms with Crippen molar-refractivity contribution in [1.82, 2.24) is 4.98 Å². The van der Waals surface area contributed by atoms with Gasteiger partial charge in [0, 0.05) is 23.8 Å². The number of pyridine rings is 1. The molecule has 2 aliphatic rings. The molecule has 0 radical (unpaired) electrons. The van der Waals surface area contributed by atoms with Gasteiger partial charge < -0.3 is 10.0 Å². The van der Waals surface area contributed by atoms with E-state index < -0.39 is 0 Å². The Bertz CT molecular complexity index is 813. The number of nitrogens with zero attached hydrogens (tertiary/aromatic N) is 2. The smallest absolute Gasteiger partial charge is 0.140 e. The Balaban J connectivity index is 2.01. The van der Waals surface area contributed by atoms with E-state index in [1.807, 2.05) is 6.07 Å². The predicted molar refractivity (Wildman–Crippen MR) is 109 cm³/mol. The fraction of sp³-hybridized carbons (Fsp3) is 0.435. The number of hydrogen-bond donors (Lipinski definition) is 1. The highest BCUT2D eigenvalue weighted by molar-refractivity contribution is 5.87. The topological polar surface area (TPSA) is 36.4 Å². The molecular formula is C23H28N2O. The Morgan fingerprint density at radius 1 is 1.12 bits per heavy atom. The molecule has 0 spiro atoms. The summed E-state index contributed by atoms with van der Waals surface area (Å²) < 4.78 is 0. The van der Waals surface area contributed by atoms with Crippen molar-refractivity contribution in [3.8, 4) is 11.1 Å². The Hall–Kier alpha value is -2.29. The lowest BCUT2D eigenvalue weighted by atomic mass is 9.90. The number of fused-ring (bicyclic) bond motifs is 1. The maximum atomic E-state index is 10.6. The lowest BCUT2D eigenvalue weighted by molar-refractivity contribution is 0.513. The first-order valence-electron chi connectivity index (χ1n) is 9.93. The first-order chi connectivity index (χ1) is 12.7. The first-order valence-corrected chi connectivity index (χ1v) is 9.93. The van der Waals surface area contributed by atoms with Gasteiger partial charge in [-0.05, 0) is 56.6 Å². The molecular weight excluding hydrogens is 320 g/mol. The molecule has 1 aliphatic carbocycles. The molecule has 2 aromatic rings. The minimum atomic E-state index is 0.137. The number of hydrogen-bond acceptors (Lipinski definition) is 3. The van der Waals surface area contributed by atoms with Crippen molar-refractivity contribution in [3.63, 3.8) is 0 Å². The molecule has 26 heavy (non-hydrogen) atoms. The summed E-state index contributed by atoms with van der Waals surface area (Å²) in [6.07, 6.45) is 8.05. The normalized spacial score (nSPS) is 19.9. The highest BCUT2D eigenvalue weighted by Crippen LogP contribution is 2.41. The molecule has 136 valence electrons. The lowest BCUT2D eigenvalue weighted by Gasteiger charge is -2.29. The Kier molecular flexibility index (Phi) is 4.71. The van der Waals surface area contributed by atoms with E-state index in [9.17, 15) is 5.11 Å². The van der Waals surface area contributed by atoms with Crippen LogP contribution in [0.1, 0.15) is 55.8 Å². The molecule has 4 rings (SSSR count). The first kappa shape index (κ1) is 17.1. The van der Waals surface area contributed by atoms with Crippen LogP contribution in [0.15, 0.2) is 36.9 Å². The van der Waals surface area contributed by atoms with Crippen molar-refractivity contribution in [3.05, 3.63) is 53.7 Å². The van der Waals surface area contributed by atoms with Gasteiger partial charge in [0.25, 0.3) is 0 Å². The predicted octanol–water partition coefficient (Wildman–Crippen LogP) is 5.53. The van der Waals surface area contributed by atoms with Gasteiger partial charge >= 0.3 is 0 Å². The van der Waals surface area contributed by atoms with E-state index in [2.05, 4.69) is 42.7 Å². The van der Waals surface area contributed by atoms with Gasteiger partial charge in [0.05, 0.1) is 5.56 Å². The molecule has 3 nitrogen and oxygen atoms in total. The summed E-state index contributed by atoms with van der Waals surface area (Å²) in [5.41, 5.74) is 5.69. The monoisotopic (exact) mass is 348 g/mol. The van der Waals surface area contributed by atoms with Crippen LogP contribution in [-0.2, 0) is 12.8 Å². The summed E-state index contributed by atoms with van der Waals surface area (Å²) in [5, 5.41) is 10.6. The van der Waals surface area contributed by atoms with Gasteiger partial charge in [-0.15, -0.1) is 0 Å². The van der Waals surface area contributed by atoms with Crippen LogP contribution in [0.2, 0.25) is 0 Å². The molecule has 1 unspecified atom stereocenters. The van der Waals surface area contributed by atoms with Crippen molar-refractivity contribution < 1.29 is 5.11 Å². The zero-order chi connectivity index (χ0) is 18.1. The van der Waals surface area contributed by atoms with Crippen molar-refractivity contribution >= 4 is 11.6 Å². The van der Waals surface area contributed by atoms with Crippen LogP contribution in [0.5, 0.6) is 0 Å². The molecule has 1 N–H and O–H groups in total. The van der Waals surface area contributed by atoms with Gasteiger partial charge in [0.1, 0.15) is 11.6 Å². The van der Waals surface area contributed by atoms with Gasteiger partial charge in [0.2, 0.25) is 0 Å². The second kappa shape index (κ2) is 7.14. The fourth-order valence-electron chi connectivity index (χ4n) is 4.56. The van der Waals surface area contributed by atoms with E-state index in [-0.39, 0.29) is 5.76 Å². The van der Waals surface area contributed by atoms with Crippen molar-refractivity contribution in [2.45, 2.75) is 57.9 Å². The van der Waals surface area contributed by atoms with Crippen molar-refractivity contribution in [2.24, 2.45) is 0 Å². The minimum Gasteiger partial charge on any atom is -0.508 e. The second-order valence-electron chi connectivity index (χ2n) is 7.67. The molecule has 1 fully saturated rings. The number of benzene rings is 1. The van der Waals surface area contributed by atoms with Crippen LogP contribution in [0, 0.1) is 0 Å². The third-order valence-corrected chi connectivity index (χ3v) is 5.88. The van der Waals surface area contributed by atoms with Crippen molar-refractivity contribution in [2.75, 3.05) is 11.4 Å². The zero-order valence-corrected chi connectivity index (χ0v) is 15.7. The summed E-state index contributed by atoms with van der Waals surface area (Å²) in [4.78, 5) is 7.49. The number of aryl methyl sites for hydroxylation is 1. The Morgan fingerprint density at radius 3 is 2.58 bits per heavy atom. The van der Waals surface area contributed by atoms with Crippen LogP contribution in [0.3, 0.4) is 0 Å². The molecule has 1 saturated heterocycles. The average Bonchev–Trinajstić information content (AvgIpc) is 2.93. The molecule has 1 aromatic heterocycles. The standard InChI is InChI=1S/C23H28N2O/c1-16-10-9-15-25(16)23-21(17(2)26)22(18-11-5-3-6-12-18)19-13-7-4-8-14-20(19)24-23/h3,5-6,11-12,16,26H,2,4,7-10,13-15H2,1H3. The maximum Gasteiger partial charge on any atom is 0.140 e. The Morgan fingerprint density at radius 2 is 1.88 bits per heavy atom. The maximum absolute atomic E-state index is 10.6. The average molecular weight is 348 g/mol. The summed E-state index contributed by atoms with van der Waals surface area (Å²) in [6.45, 7) is 7.19. The lowest BCUT2D eigenvalue weighted by Crippen LogP contribution is -2.29. The molecule has 0 saturated carbocycles.